The average molecular weight is 351 g/mol. The van der Waals surface area contributed by atoms with Crippen LogP contribution in [0.1, 0.15) is 58.9 Å². The number of amides is 2. The van der Waals surface area contributed by atoms with Crippen molar-refractivity contribution in [3.63, 3.8) is 0 Å². The van der Waals surface area contributed by atoms with E-state index in [1.807, 2.05) is 18.2 Å². The second-order valence-corrected chi connectivity index (χ2v) is 6.61. The molecule has 1 heterocycles. The zero-order chi connectivity index (χ0) is 18.4. The first kappa shape index (κ1) is 18.2. The minimum absolute atomic E-state index is 0.182. The summed E-state index contributed by atoms with van der Waals surface area (Å²) < 4.78 is 5.79. The van der Waals surface area contributed by atoms with Crippen LogP contribution in [0.25, 0.3) is 0 Å². The second kappa shape index (κ2) is 8.65. The number of ether oxygens (including phenoxy) is 1. The SMILES string of the molecule is CCCCCOc1cccc(CCCN2C(=O)c3ccccc3C2=O)c1. The summed E-state index contributed by atoms with van der Waals surface area (Å²) in [5.41, 5.74) is 2.19. The third kappa shape index (κ3) is 4.13. The van der Waals surface area contributed by atoms with Crippen LogP contribution in [0.5, 0.6) is 5.75 Å². The van der Waals surface area contributed by atoms with Gasteiger partial charge in [-0.05, 0) is 49.1 Å². The van der Waals surface area contributed by atoms with E-state index in [1.165, 1.54) is 17.7 Å². The van der Waals surface area contributed by atoms with E-state index in [0.717, 1.165) is 37.2 Å². The van der Waals surface area contributed by atoms with Gasteiger partial charge in [0.15, 0.2) is 0 Å². The maximum atomic E-state index is 12.4. The molecule has 0 saturated heterocycles. The first-order valence-electron chi connectivity index (χ1n) is 9.37. The van der Waals surface area contributed by atoms with Gasteiger partial charge in [0.25, 0.3) is 11.8 Å². The molecule has 4 nitrogen and oxygen atoms in total. The molecule has 2 amide bonds. The molecule has 26 heavy (non-hydrogen) atoms. The Morgan fingerprint density at radius 3 is 2.31 bits per heavy atom. The van der Waals surface area contributed by atoms with E-state index in [0.29, 0.717) is 17.7 Å². The van der Waals surface area contributed by atoms with E-state index in [4.69, 9.17) is 4.74 Å². The Labute approximate surface area is 154 Å². The number of imide groups is 1. The summed E-state index contributed by atoms with van der Waals surface area (Å²) in [7, 11) is 0. The van der Waals surface area contributed by atoms with Gasteiger partial charge in [-0.3, -0.25) is 14.5 Å². The fourth-order valence-corrected chi connectivity index (χ4v) is 3.22. The molecule has 2 aromatic carbocycles. The van der Waals surface area contributed by atoms with Gasteiger partial charge in [0.1, 0.15) is 5.75 Å². The van der Waals surface area contributed by atoms with Crippen LogP contribution in [0, 0.1) is 0 Å². The molecule has 0 saturated carbocycles. The first-order chi connectivity index (χ1) is 12.7. The quantitative estimate of drug-likeness (QED) is 0.494. The highest BCUT2D eigenvalue weighted by molar-refractivity contribution is 6.21. The van der Waals surface area contributed by atoms with Crippen molar-refractivity contribution in [1.82, 2.24) is 4.90 Å². The normalized spacial score (nSPS) is 13.2. The van der Waals surface area contributed by atoms with Crippen LogP contribution in [-0.4, -0.2) is 29.9 Å². The molecule has 3 rings (SSSR count). The van der Waals surface area contributed by atoms with E-state index in [1.54, 1.807) is 24.3 Å². The van der Waals surface area contributed by atoms with E-state index < -0.39 is 0 Å². The van der Waals surface area contributed by atoms with Gasteiger partial charge in [0.2, 0.25) is 0 Å². The molecule has 0 atom stereocenters. The van der Waals surface area contributed by atoms with Crippen molar-refractivity contribution in [2.24, 2.45) is 0 Å². The molecule has 1 aliphatic heterocycles. The predicted octanol–water partition coefficient (Wildman–Crippen LogP) is 4.48. The van der Waals surface area contributed by atoms with Crippen LogP contribution >= 0.6 is 0 Å². The number of carbonyl (C=O) groups excluding carboxylic acids is 2. The Balaban J connectivity index is 1.51. The molecular weight excluding hydrogens is 326 g/mol. The number of hydrogen-bond donors (Lipinski definition) is 0. The second-order valence-electron chi connectivity index (χ2n) is 6.61. The molecule has 0 N–H and O–H groups in total. The molecule has 0 unspecified atom stereocenters. The van der Waals surface area contributed by atoms with Gasteiger partial charge in [0.05, 0.1) is 17.7 Å². The fraction of sp³-hybridized carbons (Fsp3) is 0.364. The van der Waals surface area contributed by atoms with Crippen molar-refractivity contribution >= 4 is 11.8 Å². The zero-order valence-electron chi connectivity index (χ0n) is 15.2. The van der Waals surface area contributed by atoms with Crippen LogP contribution in [0.4, 0.5) is 0 Å². The average Bonchev–Trinajstić information content (AvgIpc) is 2.91. The minimum atomic E-state index is -0.182. The van der Waals surface area contributed by atoms with E-state index in [9.17, 15) is 9.59 Å². The Kier molecular flexibility index (Phi) is 6.05. The summed E-state index contributed by atoms with van der Waals surface area (Å²) in [4.78, 5) is 26.1. The topological polar surface area (TPSA) is 46.6 Å². The molecular formula is C22H25NO3. The Morgan fingerprint density at radius 2 is 1.62 bits per heavy atom. The fourth-order valence-electron chi connectivity index (χ4n) is 3.22. The van der Waals surface area contributed by atoms with Crippen molar-refractivity contribution in [3.05, 3.63) is 65.2 Å². The largest absolute Gasteiger partial charge is 0.494 e. The highest BCUT2D eigenvalue weighted by Crippen LogP contribution is 2.23. The first-order valence-corrected chi connectivity index (χ1v) is 9.37. The summed E-state index contributed by atoms with van der Waals surface area (Å²) in [6.07, 6.45) is 4.98. The number of aryl methyl sites for hydroxylation is 1. The number of unbranched alkanes of at least 4 members (excludes halogenated alkanes) is 2. The minimum Gasteiger partial charge on any atom is -0.494 e. The number of nitrogens with zero attached hydrogens (tertiary/aromatic N) is 1. The molecule has 0 radical (unpaired) electrons. The third-order valence-electron chi connectivity index (χ3n) is 4.64. The van der Waals surface area contributed by atoms with Crippen LogP contribution < -0.4 is 4.74 Å². The van der Waals surface area contributed by atoms with Crippen molar-refractivity contribution in [2.75, 3.05) is 13.2 Å². The molecule has 0 aromatic heterocycles. The third-order valence-corrected chi connectivity index (χ3v) is 4.64. The molecule has 4 heteroatoms. The Morgan fingerprint density at radius 1 is 0.885 bits per heavy atom. The van der Waals surface area contributed by atoms with Gasteiger partial charge in [0, 0.05) is 6.54 Å². The number of hydrogen-bond acceptors (Lipinski definition) is 3. The van der Waals surface area contributed by atoms with E-state index in [2.05, 4.69) is 13.0 Å². The smallest absolute Gasteiger partial charge is 0.261 e. The standard InChI is InChI=1S/C22H25NO3/c1-2-3-6-15-26-18-11-7-9-17(16-18)10-8-14-23-21(24)19-12-4-5-13-20(19)22(23)25/h4-5,7,9,11-13,16H,2-3,6,8,10,14-15H2,1H3. The molecule has 136 valence electrons. The van der Waals surface area contributed by atoms with Gasteiger partial charge in [-0.1, -0.05) is 44.0 Å². The van der Waals surface area contributed by atoms with Crippen molar-refractivity contribution in [3.8, 4) is 5.75 Å². The lowest BCUT2D eigenvalue weighted by molar-refractivity contribution is 0.0652. The van der Waals surface area contributed by atoms with Crippen molar-refractivity contribution < 1.29 is 14.3 Å². The van der Waals surface area contributed by atoms with Crippen LogP contribution in [0.15, 0.2) is 48.5 Å². The monoisotopic (exact) mass is 351 g/mol. The summed E-state index contributed by atoms with van der Waals surface area (Å²) in [6.45, 7) is 3.36. The van der Waals surface area contributed by atoms with Gasteiger partial charge in [-0.25, -0.2) is 0 Å². The summed E-state index contributed by atoms with van der Waals surface area (Å²) in [5.74, 6) is 0.525. The predicted molar refractivity (Wildman–Crippen MR) is 102 cm³/mol. The molecule has 2 aromatic rings. The van der Waals surface area contributed by atoms with E-state index >= 15 is 0 Å². The van der Waals surface area contributed by atoms with Gasteiger partial charge >= 0.3 is 0 Å². The van der Waals surface area contributed by atoms with Gasteiger partial charge in [-0.2, -0.15) is 0 Å². The van der Waals surface area contributed by atoms with Crippen LogP contribution in [-0.2, 0) is 6.42 Å². The maximum Gasteiger partial charge on any atom is 0.261 e. The zero-order valence-corrected chi connectivity index (χ0v) is 15.2. The molecule has 0 fully saturated rings. The number of carbonyl (C=O) groups is 2. The van der Waals surface area contributed by atoms with Crippen LogP contribution in [0.2, 0.25) is 0 Å². The molecule has 0 spiro atoms. The summed E-state index contributed by atoms with van der Waals surface area (Å²) in [6, 6.07) is 15.1. The molecule has 1 aliphatic rings. The number of fused-ring (bicyclic) bond motifs is 1. The molecule has 0 bridgehead atoms. The summed E-state index contributed by atoms with van der Waals surface area (Å²) in [5, 5.41) is 0. The van der Waals surface area contributed by atoms with Gasteiger partial charge < -0.3 is 4.74 Å². The highest BCUT2D eigenvalue weighted by atomic mass is 16.5. The van der Waals surface area contributed by atoms with Crippen LogP contribution in [0.3, 0.4) is 0 Å². The summed E-state index contributed by atoms with van der Waals surface area (Å²) >= 11 is 0. The Bertz CT molecular complexity index is 749. The van der Waals surface area contributed by atoms with Crippen molar-refractivity contribution in [1.29, 1.82) is 0 Å². The number of benzene rings is 2. The lowest BCUT2D eigenvalue weighted by Crippen LogP contribution is -2.30. The number of rotatable bonds is 9. The Hall–Kier alpha value is -2.62. The van der Waals surface area contributed by atoms with Crippen molar-refractivity contribution in [2.45, 2.75) is 39.0 Å². The van der Waals surface area contributed by atoms with Gasteiger partial charge in [-0.15, -0.1) is 0 Å². The molecule has 0 aliphatic carbocycles. The maximum absolute atomic E-state index is 12.4. The van der Waals surface area contributed by atoms with E-state index in [-0.39, 0.29) is 11.8 Å². The lowest BCUT2D eigenvalue weighted by Gasteiger charge is -2.14. The lowest BCUT2D eigenvalue weighted by atomic mass is 10.1. The highest BCUT2D eigenvalue weighted by Gasteiger charge is 2.34.